The first-order chi connectivity index (χ1) is 19.5. The third kappa shape index (κ3) is 5.78. The number of carboxylic acids is 1. The van der Waals surface area contributed by atoms with E-state index in [1.54, 1.807) is 18.2 Å². The Morgan fingerprint density at radius 3 is 2.02 bits per heavy atom. The van der Waals surface area contributed by atoms with Crippen molar-refractivity contribution in [2.75, 3.05) is 0 Å². The highest BCUT2D eigenvalue weighted by molar-refractivity contribution is 9.10. The number of allylic oxidation sites excluding steroid dienone is 4. The molecule has 0 saturated carbocycles. The zero-order chi connectivity index (χ0) is 30.8. The number of hydrogen-bond donors (Lipinski definition) is 2. The van der Waals surface area contributed by atoms with E-state index in [1.807, 2.05) is 27.7 Å². The summed E-state index contributed by atoms with van der Waals surface area (Å²) < 4.78 is 47.2. The maximum atomic E-state index is 13.7. The van der Waals surface area contributed by atoms with Gasteiger partial charge in [0.25, 0.3) is 0 Å². The summed E-state index contributed by atoms with van der Waals surface area (Å²) in [6.07, 6.45) is -2.71. The Hall–Kier alpha value is -3.40. The number of nitrogens with one attached hydrogen (secondary N) is 1. The molecule has 0 saturated heterocycles. The van der Waals surface area contributed by atoms with E-state index in [1.165, 1.54) is 0 Å². The molecular formula is C32H31BrF3NO5. The number of rotatable bonds is 5. The third-order valence-electron chi connectivity index (χ3n) is 8.05. The molecule has 0 atom stereocenters. The molecule has 5 rings (SSSR count). The van der Waals surface area contributed by atoms with Crippen LogP contribution in [0.5, 0.6) is 5.75 Å². The molecule has 2 aromatic rings. The number of hydrogen-bond acceptors (Lipinski definition) is 5. The molecule has 0 aromatic heterocycles. The van der Waals surface area contributed by atoms with Gasteiger partial charge in [0.05, 0.1) is 15.6 Å². The number of carbonyl (C=O) groups is 3. The maximum Gasteiger partial charge on any atom is 0.416 e. The van der Waals surface area contributed by atoms with Gasteiger partial charge < -0.3 is 15.2 Å². The predicted octanol–water partition coefficient (Wildman–Crippen LogP) is 7.72. The lowest BCUT2D eigenvalue weighted by molar-refractivity contribution is -0.138. The first-order valence-electron chi connectivity index (χ1n) is 13.6. The van der Waals surface area contributed by atoms with Crippen molar-refractivity contribution in [1.82, 2.24) is 5.32 Å². The second-order valence-corrected chi connectivity index (χ2v) is 13.7. The summed E-state index contributed by atoms with van der Waals surface area (Å²) in [6.45, 7) is 7.74. The molecule has 42 heavy (non-hydrogen) atoms. The molecule has 0 unspecified atom stereocenters. The summed E-state index contributed by atoms with van der Waals surface area (Å²) in [6, 6.07) is 7.89. The molecule has 0 bridgehead atoms. The standard InChI is InChI=1S/C32H31BrF3NO5/c1-30(2)11-21-27(23(38)13-30)26(28-22(37-21)12-31(3,4)14-24(28)39)16-7-8-25(20(33)10-16)42-15-18-6-5-17(29(40)41)9-19(18)32(34,35)36/h5-10,26,37H,11-15H2,1-4H3,(H,40,41). The lowest BCUT2D eigenvalue weighted by Gasteiger charge is -2.44. The van der Waals surface area contributed by atoms with E-state index >= 15 is 0 Å². The van der Waals surface area contributed by atoms with E-state index in [4.69, 9.17) is 9.84 Å². The van der Waals surface area contributed by atoms with Gasteiger partial charge in [0, 0.05) is 46.9 Å². The molecule has 0 radical (unpaired) electrons. The molecule has 1 heterocycles. The van der Waals surface area contributed by atoms with Crippen molar-refractivity contribution in [3.05, 3.63) is 85.7 Å². The number of carbonyl (C=O) groups excluding carboxylic acids is 2. The minimum absolute atomic E-state index is 0.0103. The topological polar surface area (TPSA) is 92.7 Å². The first kappa shape index (κ1) is 30.1. The highest BCUT2D eigenvalue weighted by Gasteiger charge is 2.46. The van der Waals surface area contributed by atoms with Gasteiger partial charge in [-0.25, -0.2) is 4.79 Å². The van der Waals surface area contributed by atoms with Gasteiger partial charge in [-0.05, 0) is 69.4 Å². The van der Waals surface area contributed by atoms with Crippen LogP contribution in [0, 0.1) is 10.8 Å². The van der Waals surface area contributed by atoms with Gasteiger partial charge in [-0.15, -0.1) is 0 Å². The predicted molar refractivity (Wildman–Crippen MR) is 153 cm³/mol. The summed E-state index contributed by atoms with van der Waals surface area (Å²) in [5.41, 5.74) is 1.36. The number of aromatic carboxylic acids is 1. The molecule has 2 aromatic carbocycles. The number of halogens is 4. The van der Waals surface area contributed by atoms with E-state index in [0.717, 1.165) is 23.5 Å². The number of carboxylic acid groups (broad SMARTS) is 1. The van der Waals surface area contributed by atoms with Crippen molar-refractivity contribution >= 4 is 33.5 Å². The van der Waals surface area contributed by atoms with Crippen LogP contribution in [0.2, 0.25) is 0 Å². The van der Waals surface area contributed by atoms with E-state index in [2.05, 4.69) is 21.2 Å². The zero-order valence-electron chi connectivity index (χ0n) is 23.7. The highest BCUT2D eigenvalue weighted by atomic mass is 79.9. The Kier molecular flexibility index (Phi) is 7.44. The smallest absolute Gasteiger partial charge is 0.416 e. The minimum Gasteiger partial charge on any atom is -0.488 e. The fourth-order valence-electron chi connectivity index (χ4n) is 6.29. The number of alkyl halides is 3. The van der Waals surface area contributed by atoms with Gasteiger partial charge in [0.15, 0.2) is 11.6 Å². The molecule has 0 spiro atoms. The van der Waals surface area contributed by atoms with Crippen molar-refractivity contribution in [2.45, 2.75) is 72.1 Å². The second kappa shape index (κ2) is 10.4. The Morgan fingerprint density at radius 1 is 0.952 bits per heavy atom. The fourth-order valence-corrected chi connectivity index (χ4v) is 6.80. The van der Waals surface area contributed by atoms with Crippen LogP contribution >= 0.6 is 15.9 Å². The summed E-state index contributed by atoms with van der Waals surface area (Å²) in [5, 5.41) is 12.6. The first-order valence-corrected chi connectivity index (χ1v) is 14.4. The number of Topliss-reactive ketones (excluding diaryl/α,β-unsaturated/α-hetero) is 2. The van der Waals surface area contributed by atoms with Gasteiger partial charge in [-0.1, -0.05) is 39.8 Å². The average molecular weight is 647 g/mol. The van der Waals surface area contributed by atoms with E-state index < -0.39 is 35.8 Å². The highest BCUT2D eigenvalue weighted by Crippen LogP contribution is 2.51. The van der Waals surface area contributed by atoms with Crippen LogP contribution in [0.1, 0.15) is 86.3 Å². The van der Waals surface area contributed by atoms with Crippen molar-refractivity contribution in [1.29, 1.82) is 0 Å². The monoisotopic (exact) mass is 645 g/mol. The van der Waals surface area contributed by atoms with Gasteiger partial charge in [-0.3, -0.25) is 9.59 Å². The van der Waals surface area contributed by atoms with Crippen LogP contribution in [-0.2, 0) is 22.4 Å². The molecule has 222 valence electrons. The van der Waals surface area contributed by atoms with Crippen molar-refractivity contribution in [2.24, 2.45) is 10.8 Å². The maximum absolute atomic E-state index is 13.7. The Morgan fingerprint density at radius 2 is 1.52 bits per heavy atom. The second-order valence-electron chi connectivity index (χ2n) is 12.9. The lowest BCUT2D eigenvalue weighted by atomic mass is 9.64. The molecule has 3 aliphatic rings. The molecular weight excluding hydrogens is 615 g/mol. The average Bonchev–Trinajstić information content (AvgIpc) is 2.84. The van der Waals surface area contributed by atoms with Crippen LogP contribution in [0.15, 0.2) is 63.4 Å². The molecule has 0 amide bonds. The number of ketones is 2. The van der Waals surface area contributed by atoms with Gasteiger partial charge >= 0.3 is 12.1 Å². The summed E-state index contributed by atoms with van der Waals surface area (Å²) in [5.74, 6) is -1.78. The van der Waals surface area contributed by atoms with Gasteiger partial charge in [0.1, 0.15) is 12.4 Å². The fraction of sp³-hybridized carbons (Fsp3) is 0.406. The Bertz CT molecular complexity index is 1530. The van der Waals surface area contributed by atoms with Crippen molar-refractivity contribution < 1.29 is 37.4 Å². The largest absolute Gasteiger partial charge is 0.488 e. The minimum atomic E-state index is -4.76. The van der Waals surface area contributed by atoms with Crippen LogP contribution in [0.4, 0.5) is 13.2 Å². The number of ether oxygens (including phenoxy) is 1. The van der Waals surface area contributed by atoms with E-state index in [0.29, 0.717) is 52.9 Å². The summed E-state index contributed by atoms with van der Waals surface area (Å²) in [4.78, 5) is 38.3. The summed E-state index contributed by atoms with van der Waals surface area (Å²) in [7, 11) is 0. The zero-order valence-corrected chi connectivity index (χ0v) is 25.3. The van der Waals surface area contributed by atoms with E-state index in [9.17, 15) is 27.6 Å². The van der Waals surface area contributed by atoms with Crippen LogP contribution in [-0.4, -0.2) is 22.6 Å². The summed E-state index contributed by atoms with van der Waals surface area (Å²) >= 11 is 3.48. The molecule has 10 heteroatoms. The number of benzene rings is 2. The van der Waals surface area contributed by atoms with Gasteiger partial charge in [0.2, 0.25) is 0 Å². The SMILES string of the molecule is CC1(C)CC(=O)C2=C(C1)NC1=C(C(=O)CC(C)(C)C1)C2c1ccc(OCc2ccc(C(=O)O)cc2C(F)(F)F)c(Br)c1. The number of dihydropyridines is 1. The van der Waals surface area contributed by atoms with Gasteiger partial charge in [-0.2, -0.15) is 13.2 Å². The van der Waals surface area contributed by atoms with Crippen LogP contribution in [0.25, 0.3) is 0 Å². The Balaban J connectivity index is 1.50. The van der Waals surface area contributed by atoms with Crippen molar-refractivity contribution in [3.8, 4) is 5.75 Å². The molecule has 6 nitrogen and oxygen atoms in total. The van der Waals surface area contributed by atoms with E-state index in [-0.39, 0.29) is 33.7 Å². The molecule has 2 aliphatic carbocycles. The molecule has 0 fully saturated rings. The van der Waals surface area contributed by atoms with Crippen LogP contribution in [0.3, 0.4) is 0 Å². The normalized spacial score (nSPS) is 20.2. The third-order valence-corrected chi connectivity index (χ3v) is 8.67. The Labute approximate surface area is 250 Å². The van der Waals surface area contributed by atoms with Crippen LogP contribution < -0.4 is 10.1 Å². The lowest BCUT2D eigenvalue weighted by Crippen LogP contribution is -2.42. The quantitative estimate of drug-likeness (QED) is 0.346. The molecule has 1 aliphatic heterocycles. The molecule has 2 N–H and O–H groups in total. The van der Waals surface area contributed by atoms with Crippen molar-refractivity contribution in [3.63, 3.8) is 0 Å².